The second-order valence-electron chi connectivity index (χ2n) is 2.88. The molecule has 0 saturated heterocycles. The van der Waals surface area contributed by atoms with E-state index in [1.807, 2.05) is 18.0 Å². The van der Waals surface area contributed by atoms with Gasteiger partial charge < -0.3 is 16.4 Å². The molecule has 0 spiro atoms. The third-order valence-corrected chi connectivity index (χ3v) is 1.79. The standard InChI is InChI=1S/C10H13N3/c1-3-6-13(2)10-5-4-8(11)7-9(10)12/h1,4-5,7H,6,11-12H2,2H3. The van der Waals surface area contributed by atoms with Gasteiger partial charge in [0.25, 0.3) is 0 Å². The molecule has 68 valence electrons. The topological polar surface area (TPSA) is 55.3 Å². The predicted molar refractivity (Wildman–Crippen MR) is 57.4 cm³/mol. The lowest BCUT2D eigenvalue weighted by atomic mass is 10.2. The first-order valence-electron chi connectivity index (χ1n) is 3.94. The number of terminal acetylenes is 1. The average Bonchev–Trinajstić information content (AvgIpc) is 2.04. The number of anilines is 3. The zero-order valence-electron chi connectivity index (χ0n) is 7.62. The van der Waals surface area contributed by atoms with Crippen LogP contribution in [0.5, 0.6) is 0 Å². The second kappa shape index (κ2) is 3.72. The van der Waals surface area contributed by atoms with Crippen LogP contribution in [-0.4, -0.2) is 13.6 Å². The fraction of sp³-hybridized carbons (Fsp3) is 0.200. The van der Waals surface area contributed by atoms with Gasteiger partial charge in [0.2, 0.25) is 0 Å². The highest BCUT2D eigenvalue weighted by molar-refractivity contribution is 5.71. The molecule has 13 heavy (non-hydrogen) atoms. The molecule has 0 aliphatic rings. The number of hydrogen-bond acceptors (Lipinski definition) is 3. The van der Waals surface area contributed by atoms with Crippen molar-refractivity contribution in [1.29, 1.82) is 0 Å². The Morgan fingerprint density at radius 1 is 1.46 bits per heavy atom. The Balaban J connectivity index is 2.96. The number of nitrogens with zero attached hydrogens (tertiary/aromatic N) is 1. The minimum atomic E-state index is 0.536. The number of hydrogen-bond donors (Lipinski definition) is 2. The van der Waals surface area contributed by atoms with Crippen molar-refractivity contribution < 1.29 is 0 Å². The number of benzene rings is 1. The van der Waals surface area contributed by atoms with E-state index in [1.54, 1.807) is 12.1 Å². The molecule has 0 amide bonds. The lowest BCUT2D eigenvalue weighted by Gasteiger charge is -2.18. The monoisotopic (exact) mass is 175 g/mol. The Hall–Kier alpha value is -1.82. The second-order valence-corrected chi connectivity index (χ2v) is 2.88. The highest BCUT2D eigenvalue weighted by Crippen LogP contribution is 2.23. The quantitative estimate of drug-likeness (QED) is 0.519. The Kier molecular flexibility index (Phi) is 2.65. The van der Waals surface area contributed by atoms with E-state index in [4.69, 9.17) is 17.9 Å². The lowest BCUT2D eigenvalue weighted by molar-refractivity contribution is 1.05. The van der Waals surface area contributed by atoms with Crippen LogP contribution in [0, 0.1) is 12.3 Å². The first-order chi connectivity index (χ1) is 6.15. The van der Waals surface area contributed by atoms with Crippen molar-refractivity contribution in [3.05, 3.63) is 18.2 Å². The molecule has 1 aromatic rings. The van der Waals surface area contributed by atoms with Crippen LogP contribution in [0.3, 0.4) is 0 Å². The van der Waals surface area contributed by atoms with E-state index < -0.39 is 0 Å². The molecule has 1 rings (SSSR count). The Morgan fingerprint density at radius 2 is 2.15 bits per heavy atom. The van der Waals surface area contributed by atoms with Crippen LogP contribution in [0.2, 0.25) is 0 Å². The summed E-state index contributed by atoms with van der Waals surface area (Å²) in [5, 5.41) is 0. The van der Waals surface area contributed by atoms with Crippen molar-refractivity contribution in [1.82, 2.24) is 0 Å². The van der Waals surface area contributed by atoms with Gasteiger partial charge in [0.05, 0.1) is 17.9 Å². The maximum absolute atomic E-state index is 5.76. The summed E-state index contributed by atoms with van der Waals surface area (Å²) in [6.07, 6.45) is 5.19. The van der Waals surface area contributed by atoms with E-state index >= 15 is 0 Å². The molecule has 4 N–H and O–H groups in total. The smallest absolute Gasteiger partial charge is 0.0789 e. The largest absolute Gasteiger partial charge is 0.399 e. The lowest BCUT2D eigenvalue weighted by Crippen LogP contribution is -2.18. The van der Waals surface area contributed by atoms with E-state index in [9.17, 15) is 0 Å². The predicted octanol–water partition coefficient (Wildman–Crippen LogP) is 0.920. The van der Waals surface area contributed by atoms with Gasteiger partial charge in [-0.2, -0.15) is 0 Å². The number of rotatable bonds is 2. The molecule has 0 aliphatic carbocycles. The van der Waals surface area contributed by atoms with Gasteiger partial charge in [-0.1, -0.05) is 5.92 Å². The van der Waals surface area contributed by atoms with E-state index in [-0.39, 0.29) is 0 Å². The summed E-state index contributed by atoms with van der Waals surface area (Å²) in [5.74, 6) is 2.55. The van der Waals surface area contributed by atoms with E-state index in [2.05, 4.69) is 5.92 Å². The normalized spacial score (nSPS) is 9.23. The summed E-state index contributed by atoms with van der Waals surface area (Å²) < 4.78 is 0. The molecule has 1 aromatic carbocycles. The third kappa shape index (κ3) is 2.06. The average molecular weight is 175 g/mol. The first-order valence-corrected chi connectivity index (χ1v) is 3.94. The van der Waals surface area contributed by atoms with Crippen molar-refractivity contribution in [3.8, 4) is 12.3 Å². The molecule has 0 saturated carbocycles. The van der Waals surface area contributed by atoms with Gasteiger partial charge >= 0.3 is 0 Å². The zero-order valence-corrected chi connectivity index (χ0v) is 7.62. The van der Waals surface area contributed by atoms with Crippen LogP contribution < -0.4 is 16.4 Å². The van der Waals surface area contributed by atoms with E-state index in [0.29, 0.717) is 17.9 Å². The van der Waals surface area contributed by atoms with Gasteiger partial charge in [-0.3, -0.25) is 0 Å². The van der Waals surface area contributed by atoms with Gasteiger partial charge in [0.1, 0.15) is 0 Å². The summed E-state index contributed by atoms with van der Waals surface area (Å²) in [7, 11) is 1.89. The van der Waals surface area contributed by atoms with Crippen molar-refractivity contribution in [2.45, 2.75) is 0 Å². The zero-order chi connectivity index (χ0) is 9.84. The van der Waals surface area contributed by atoms with Gasteiger partial charge in [0, 0.05) is 12.7 Å². The van der Waals surface area contributed by atoms with Crippen molar-refractivity contribution in [2.75, 3.05) is 30.0 Å². The summed E-state index contributed by atoms with van der Waals surface area (Å²) >= 11 is 0. The van der Waals surface area contributed by atoms with Crippen LogP contribution in [0.4, 0.5) is 17.1 Å². The van der Waals surface area contributed by atoms with Crippen molar-refractivity contribution in [2.24, 2.45) is 0 Å². The van der Waals surface area contributed by atoms with Crippen LogP contribution in [-0.2, 0) is 0 Å². The molecule has 0 heterocycles. The SMILES string of the molecule is C#CCN(C)c1ccc(N)cc1N. The Labute approximate surface area is 78.3 Å². The molecule has 3 heteroatoms. The van der Waals surface area contributed by atoms with Crippen LogP contribution in [0.1, 0.15) is 0 Å². The van der Waals surface area contributed by atoms with Crippen LogP contribution >= 0.6 is 0 Å². The molecule has 0 radical (unpaired) electrons. The van der Waals surface area contributed by atoms with Gasteiger partial charge in [-0.05, 0) is 18.2 Å². The molecule has 0 atom stereocenters. The van der Waals surface area contributed by atoms with Gasteiger partial charge in [-0.15, -0.1) is 6.42 Å². The summed E-state index contributed by atoms with van der Waals surface area (Å²) in [5.41, 5.74) is 13.5. The maximum Gasteiger partial charge on any atom is 0.0789 e. The molecule has 3 nitrogen and oxygen atoms in total. The summed E-state index contributed by atoms with van der Waals surface area (Å²) in [4.78, 5) is 1.90. The fourth-order valence-corrected chi connectivity index (χ4v) is 1.14. The molecule has 0 aromatic heterocycles. The summed E-state index contributed by atoms with van der Waals surface area (Å²) in [6.45, 7) is 0.536. The molecule has 0 fully saturated rings. The fourth-order valence-electron chi connectivity index (χ4n) is 1.14. The van der Waals surface area contributed by atoms with Crippen LogP contribution in [0.15, 0.2) is 18.2 Å². The third-order valence-electron chi connectivity index (χ3n) is 1.79. The minimum Gasteiger partial charge on any atom is -0.399 e. The number of nitrogens with two attached hydrogens (primary N) is 2. The van der Waals surface area contributed by atoms with E-state index in [0.717, 1.165) is 5.69 Å². The molecular formula is C10H13N3. The van der Waals surface area contributed by atoms with Gasteiger partial charge in [0.15, 0.2) is 0 Å². The molecule has 0 aliphatic heterocycles. The van der Waals surface area contributed by atoms with E-state index in [1.165, 1.54) is 0 Å². The molecule has 0 unspecified atom stereocenters. The summed E-state index contributed by atoms with van der Waals surface area (Å²) in [6, 6.07) is 5.39. The molecule has 0 bridgehead atoms. The van der Waals surface area contributed by atoms with Crippen molar-refractivity contribution in [3.63, 3.8) is 0 Å². The Morgan fingerprint density at radius 3 is 2.69 bits per heavy atom. The van der Waals surface area contributed by atoms with Crippen LogP contribution in [0.25, 0.3) is 0 Å². The van der Waals surface area contributed by atoms with Crippen molar-refractivity contribution >= 4 is 17.1 Å². The van der Waals surface area contributed by atoms with Gasteiger partial charge in [-0.25, -0.2) is 0 Å². The molecular weight excluding hydrogens is 162 g/mol. The Bertz CT molecular complexity index is 339. The minimum absolute atomic E-state index is 0.536. The highest BCUT2D eigenvalue weighted by Gasteiger charge is 2.03. The first kappa shape index (κ1) is 9.27. The highest BCUT2D eigenvalue weighted by atomic mass is 15.1. The maximum atomic E-state index is 5.76. The number of nitrogen functional groups attached to an aromatic ring is 2.